The molecule has 7 heteroatoms. The third-order valence-electron chi connectivity index (χ3n) is 5.27. The average molecular weight is 417 g/mol. The number of hydrogen-bond donors (Lipinski definition) is 2. The summed E-state index contributed by atoms with van der Waals surface area (Å²) < 4.78 is 5.22. The van der Waals surface area contributed by atoms with Crippen molar-refractivity contribution in [2.45, 2.75) is 19.9 Å². The number of furan rings is 1. The first kappa shape index (κ1) is 20.4. The number of amides is 3. The second-order valence-electron chi connectivity index (χ2n) is 7.54. The van der Waals surface area contributed by atoms with Crippen LogP contribution in [0.15, 0.2) is 71.3 Å². The molecule has 1 aliphatic rings. The second kappa shape index (κ2) is 8.87. The maximum absolute atomic E-state index is 12.9. The highest BCUT2D eigenvalue weighted by molar-refractivity contribution is 6.07. The number of para-hydroxylation sites is 1. The number of hydrogen-bond acceptors (Lipinski definition) is 4. The van der Waals surface area contributed by atoms with Crippen LogP contribution < -0.4 is 15.5 Å². The zero-order valence-electron chi connectivity index (χ0n) is 17.1. The predicted molar refractivity (Wildman–Crippen MR) is 117 cm³/mol. The molecule has 4 rings (SSSR count). The largest absolute Gasteiger partial charge is 0.467 e. The molecule has 7 nitrogen and oxygen atoms in total. The number of nitrogens with zero attached hydrogens (tertiary/aromatic N) is 1. The average Bonchev–Trinajstić information content (AvgIpc) is 3.43. The Bertz CT molecular complexity index is 1090. The molecule has 2 aromatic carbocycles. The Morgan fingerprint density at radius 3 is 2.58 bits per heavy atom. The Hall–Kier alpha value is -3.87. The molecule has 1 fully saturated rings. The van der Waals surface area contributed by atoms with Crippen LogP contribution in [-0.2, 0) is 16.1 Å². The Morgan fingerprint density at radius 1 is 1.06 bits per heavy atom. The van der Waals surface area contributed by atoms with E-state index in [-0.39, 0.29) is 30.7 Å². The monoisotopic (exact) mass is 417 g/mol. The molecule has 2 heterocycles. The summed E-state index contributed by atoms with van der Waals surface area (Å²) >= 11 is 0. The van der Waals surface area contributed by atoms with Gasteiger partial charge in [-0.15, -0.1) is 0 Å². The summed E-state index contributed by atoms with van der Waals surface area (Å²) in [5, 5.41) is 5.60. The fourth-order valence-electron chi connectivity index (χ4n) is 3.56. The summed E-state index contributed by atoms with van der Waals surface area (Å²) in [7, 11) is 0. The molecule has 0 aliphatic carbocycles. The van der Waals surface area contributed by atoms with Crippen LogP contribution >= 0.6 is 0 Å². The van der Waals surface area contributed by atoms with E-state index in [9.17, 15) is 14.4 Å². The van der Waals surface area contributed by atoms with E-state index in [2.05, 4.69) is 10.6 Å². The van der Waals surface area contributed by atoms with Crippen molar-refractivity contribution in [1.29, 1.82) is 0 Å². The lowest BCUT2D eigenvalue weighted by Crippen LogP contribution is -2.29. The van der Waals surface area contributed by atoms with Crippen molar-refractivity contribution in [3.05, 3.63) is 83.8 Å². The molecule has 3 amide bonds. The van der Waals surface area contributed by atoms with Crippen molar-refractivity contribution < 1.29 is 18.8 Å². The van der Waals surface area contributed by atoms with Crippen LogP contribution in [0.3, 0.4) is 0 Å². The van der Waals surface area contributed by atoms with Gasteiger partial charge in [0, 0.05) is 18.7 Å². The van der Waals surface area contributed by atoms with Gasteiger partial charge in [-0.05, 0) is 43.3 Å². The molecule has 1 aromatic heterocycles. The number of aryl methyl sites for hydroxylation is 1. The van der Waals surface area contributed by atoms with Crippen LogP contribution in [0.4, 0.5) is 11.4 Å². The number of carbonyl (C=O) groups excluding carboxylic acids is 3. The number of benzene rings is 2. The molecular formula is C24H23N3O4. The molecule has 2 N–H and O–H groups in total. The zero-order chi connectivity index (χ0) is 21.8. The number of carbonyl (C=O) groups is 3. The summed E-state index contributed by atoms with van der Waals surface area (Å²) in [5.74, 6) is -0.553. The van der Waals surface area contributed by atoms with Crippen molar-refractivity contribution in [1.82, 2.24) is 5.32 Å². The molecule has 1 aliphatic heterocycles. The van der Waals surface area contributed by atoms with Crippen molar-refractivity contribution in [2.24, 2.45) is 5.92 Å². The Labute approximate surface area is 180 Å². The van der Waals surface area contributed by atoms with Crippen LogP contribution in [0.5, 0.6) is 0 Å². The van der Waals surface area contributed by atoms with Gasteiger partial charge < -0.3 is 20.0 Å². The highest BCUT2D eigenvalue weighted by Gasteiger charge is 2.35. The van der Waals surface area contributed by atoms with Gasteiger partial charge in [0.1, 0.15) is 5.76 Å². The van der Waals surface area contributed by atoms with Gasteiger partial charge >= 0.3 is 0 Å². The fraction of sp³-hybridized carbons (Fsp3) is 0.208. The Morgan fingerprint density at radius 2 is 1.84 bits per heavy atom. The number of rotatable bonds is 6. The highest BCUT2D eigenvalue weighted by Crippen LogP contribution is 2.27. The molecule has 0 spiro atoms. The van der Waals surface area contributed by atoms with Crippen molar-refractivity contribution in [3.63, 3.8) is 0 Å². The third-order valence-corrected chi connectivity index (χ3v) is 5.27. The SMILES string of the molecule is Cc1ccc(N2C[C@@H](C(=O)Nc3ccccc3C(=O)NCc3ccco3)CC2=O)cc1. The summed E-state index contributed by atoms with van der Waals surface area (Å²) in [6.45, 7) is 2.53. The maximum Gasteiger partial charge on any atom is 0.253 e. The third kappa shape index (κ3) is 4.66. The Balaban J connectivity index is 1.42. The molecular weight excluding hydrogens is 394 g/mol. The lowest BCUT2D eigenvalue weighted by molar-refractivity contribution is -0.122. The van der Waals surface area contributed by atoms with Gasteiger partial charge in [-0.25, -0.2) is 0 Å². The van der Waals surface area contributed by atoms with E-state index in [0.717, 1.165) is 11.3 Å². The van der Waals surface area contributed by atoms with Crippen molar-refractivity contribution in [3.8, 4) is 0 Å². The van der Waals surface area contributed by atoms with Gasteiger partial charge in [0.25, 0.3) is 5.91 Å². The van der Waals surface area contributed by atoms with Gasteiger partial charge in [0.05, 0.1) is 30.0 Å². The quantitative estimate of drug-likeness (QED) is 0.642. The van der Waals surface area contributed by atoms with E-state index in [1.54, 1.807) is 47.6 Å². The first-order chi connectivity index (χ1) is 15.0. The van der Waals surface area contributed by atoms with E-state index in [0.29, 0.717) is 23.6 Å². The van der Waals surface area contributed by atoms with E-state index in [1.165, 1.54) is 0 Å². The second-order valence-corrected chi connectivity index (χ2v) is 7.54. The molecule has 158 valence electrons. The lowest BCUT2D eigenvalue weighted by Gasteiger charge is -2.17. The Kier molecular flexibility index (Phi) is 5.84. The fourth-order valence-corrected chi connectivity index (χ4v) is 3.56. The van der Waals surface area contributed by atoms with E-state index < -0.39 is 5.92 Å². The van der Waals surface area contributed by atoms with Gasteiger partial charge in [-0.2, -0.15) is 0 Å². The van der Waals surface area contributed by atoms with Crippen LogP contribution in [0.2, 0.25) is 0 Å². The number of nitrogens with one attached hydrogen (secondary N) is 2. The topological polar surface area (TPSA) is 91.7 Å². The van der Waals surface area contributed by atoms with Crippen LogP contribution in [0, 0.1) is 12.8 Å². The van der Waals surface area contributed by atoms with Crippen LogP contribution in [0.25, 0.3) is 0 Å². The summed E-state index contributed by atoms with van der Waals surface area (Å²) in [4.78, 5) is 39.6. The smallest absolute Gasteiger partial charge is 0.253 e. The first-order valence-corrected chi connectivity index (χ1v) is 10.1. The minimum atomic E-state index is -0.493. The molecule has 0 bridgehead atoms. The first-order valence-electron chi connectivity index (χ1n) is 10.1. The minimum absolute atomic E-state index is 0.0894. The summed E-state index contributed by atoms with van der Waals surface area (Å²) in [5.41, 5.74) is 2.64. The summed E-state index contributed by atoms with van der Waals surface area (Å²) in [6, 6.07) is 18.0. The lowest BCUT2D eigenvalue weighted by atomic mass is 10.1. The van der Waals surface area contributed by atoms with Crippen molar-refractivity contribution in [2.75, 3.05) is 16.8 Å². The molecule has 0 radical (unpaired) electrons. The standard InChI is InChI=1S/C24H23N3O4/c1-16-8-10-18(11-9-16)27-15-17(13-22(27)28)23(29)26-21-7-3-2-6-20(21)24(30)25-14-19-5-4-12-31-19/h2-12,17H,13-15H2,1H3,(H,25,30)(H,26,29)/t17-/m0/s1. The van der Waals surface area contributed by atoms with Gasteiger partial charge in [-0.3, -0.25) is 14.4 Å². The molecule has 0 unspecified atom stereocenters. The van der Waals surface area contributed by atoms with E-state index in [4.69, 9.17) is 4.42 Å². The highest BCUT2D eigenvalue weighted by atomic mass is 16.3. The van der Waals surface area contributed by atoms with Gasteiger partial charge in [0.2, 0.25) is 11.8 Å². The van der Waals surface area contributed by atoms with Gasteiger partial charge in [-0.1, -0.05) is 29.8 Å². The van der Waals surface area contributed by atoms with Crippen molar-refractivity contribution >= 4 is 29.1 Å². The molecule has 1 saturated heterocycles. The summed E-state index contributed by atoms with van der Waals surface area (Å²) in [6.07, 6.45) is 1.67. The van der Waals surface area contributed by atoms with Crippen LogP contribution in [0.1, 0.15) is 28.1 Å². The van der Waals surface area contributed by atoms with E-state index >= 15 is 0 Å². The van der Waals surface area contributed by atoms with Gasteiger partial charge in [0.15, 0.2) is 0 Å². The zero-order valence-corrected chi connectivity index (χ0v) is 17.1. The normalized spacial score (nSPS) is 15.7. The molecule has 0 saturated carbocycles. The number of anilines is 2. The molecule has 1 atom stereocenters. The predicted octanol–water partition coefficient (Wildman–Crippen LogP) is 3.51. The maximum atomic E-state index is 12.9. The van der Waals surface area contributed by atoms with E-state index in [1.807, 2.05) is 31.2 Å². The molecule has 3 aromatic rings. The van der Waals surface area contributed by atoms with Crippen LogP contribution in [-0.4, -0.2) is 24.3 Å². The minimum Gasteiger partial charge on any atom is -0.467 e. The molecule has 31 heavy (non-hydrogen) atoms.